The van der Waals surface area contributed by atoms with E-state index in [-0.39, 0.29) is 24.7 Å². The first kappa shape index (κ1) is 21.5. The molecule has 5 atom stereocenters. The number of carbonyl (C=O) groups excluding carboxylic acids is 1. The largest absolute Gasteiger partial charge is 0.394 e. The van der Waals surface area contributed by atoms with Gasteiger partial charge in [0.15, 0.2) is 0 Å². The maximum Gasteiger partial charge on any atom is 0.217 e. The van der Waals surface area contributed by atoms with Gasteiger partial charge in [0, 0.05) is 6.92 Å². The Balaban J connectivity index is 1.80. The van der Waals surface area contributed by atoms with E-state index in [0.717, 1.165) is 11.1 Å². The van der Waals surface area contributed by atoms with Crippen LogP contribution in [0.25, 0.3) is 0 Å². The molecule has 6 heteroatoms. The fraction of sp³-hybridized carbons (Fsp3) is 0.435. The van der Waals surface area contributed by atoms with Crippen LogP contribution in [0.3, 0.4) is 0 Å². The van der Waals surface area contributed by atoms with E-state index in [1.54, 1.807) is 0 Å². The zero-order valence-electron chi connectivity index (χ0n) is 16.9. The lowest BCUT2D eigenvalue weighted by atomic mass is 9.92. The second kappa shape index (κ2) is 10.5. The van der Waals surface area contributed by atoms with Crippen molar-refractivity contribution in [2.75, 3.05) is 6.61 Å². The summed E-state index contributed by atoms with van der Waals surface area (Å²) in [4.78, 5) is 11.8. The van der Waals surface area contributed by atoms with Crippen LogP contribution in [0.4, 0.5) is 0 Å². The maximum absolute atomic E-state index is 11.8. The predicted octanol–water partition coefficient (Wildman–Crippen LogP) is 2.44. The molecule has 1 saturated heterocycles. The number of carbonyl (C=O) groups is 1. The van der Waals surface area contributed by atoms with Gasteiger partial charge in [-0.3, -0.25) is 4.79 Å². The van der Waals surface area contributed by atoms with Gasteiger partial charge in [-0.05, 0) is 18.1 Å². The molecule has 1 heterocycles. The van der Waals surface area contributed by atoms with Gasteiger partial charge >= 0.3 is 0 Å². The Labute approximate surface area is 171 Å². The molecule has 2 aromatic rings. The van der Waals surface area contributed by atoms with Gasteiger partial charge < -0.3 is 24.6 Å². The van der Waals surface area contributed by atoms with Crippen molar-refractivity contribution in [3.8, 4) is 0 Å². The molecule has 0 saturated carbocycles. The lowest BCUT2D eigenvalue weighted by Crippen LogP contribution is -2.64. The number of aliphatic hydroxyl groups excluding tert-OH is 1. The number of benzene rings is 2. The molecule has 1 amide bonds. The molecular formula is C23H29NO5. The summed E-state index contributed by atoms with van der Waals surface area (Å²) < 4.78 is 18.4. The lowest BCUT2D eigenvalue weighted by molar-refractivity contribution is -0.225. The second-order valence-corrected chi connectivity index (χ2v) is 7.31. The lowest BCUT2D eigenvalue weighted by Gasteiger charge is -2.45. The number of nitrogens with one attached hydrogen (secondary N) is 1. The highest BCUT2D eigenvalue weighted by Crippen LogP contribution is 2.27. The number of amides is 1. The molecule has 156 valence electrons. The smallest absolute Gasteiger partial charge is 0.217 e. The molecule has 2 N–H and O–H groups in total. The molecule has 2 aromatic carbocycles. The van der Waals surface area contributed by atoms with Crippen molar-refractivity contribution in [3.63, 3.8) is 0 Å². The summed E-state index contributed by atoms with van der Waals surface area (Å²) in [6.07, 6.45) is -1.87. The Morgan fingerprint density at radius 1 is 0.966 bits per heavy atom. The monoisotopic (exact) mass is 399 g/mol. The van der Waals surface area contributed by atoms with Crippen LogP contribution in [-0.4, -0.2) is 48.1 Å². The van der Waals surface area contributed by atoms with E-state index in [4.69, 9.17) is 14.2 Å². The highest BCUT2D eigenvalue weighted by Gasteiger charge is 2.46. The summed E-state index contributed by atoms with van der Waals surface area (Å²) in [5.41, 5.74) is 2.04. The standard InChI is InChI=1S/C23H29NO5/c1-16-21(24-17(2)26)23(28-15-19-11-7-4-8-12-19)22(20(13-25)29-16)27-14-18-9-5-3-6-10-18/h3-12,16,20-23,25H,13-15H2,1-2H3,(H,24,26)/t16-,20?,21?,22-,23+/m0/s1. The molecule has 29 heavy (non-hydrogen) atoms. The molecule has 1 aliphatic heterocycles. The summed E-state index contributed by atoms with van der Waals surface area (Å²) in [5, 5.41) is 12.8. The third-order valence-corrected chi connectivity index (χ3v) is 5.06. The minimum absolute atomic E-state index is 0.164. The van der Waals surface area contributed by atoms with Gasteiger partial charge in [0.25, 0.3) is 0 Å². The molecule has 1 fully saturated rings. The molecule has 1 aliphatic rings. The first-order valence-electron chi connectivity index (χ1n) is 9.93. The van der Waals surface area contributed by atoms with Gasteiger partial charge in [0.05, 0.1) is 32.0 Å². The minimum Gasteiger partial charge on any atom is -0.394 e. The molecule has 0 aliphatic carbocycles. The number of ether oxygens (including phenoxy) is 3. The Morgan fingerprint density at radius 2 is 1.48 bits per heavy atom. The molecule has 6 nitrogen and oxygen atoms in total. The molecule has 0 radical (unpaired) electrons. The Kier molecular flexibility index (Phi) is 7.77. The summed E-state index contributed by atoms with van der Waals surface area (Å²) in [6, 6.07) is 19.2. The topological polar surface area (TPSA) is 77.0 Å². The van der Waals surface area contributed by atoms with Crippen LogP contribution in [0.2, 0.25) is 0 Å². The van der Waals surface area contributed by atoms with Crippen LogP contribution in [-0.2, 0) is 32.2 Å². The van der Waals surface area contributed by atoms with E-state index in [2.05, 4.69) is 5.32 Å². The number of rotatable bonds is 8. The predicted molar refractivity (Wildman–Crippen MR) is 109 cm³/mol. The van der Waals surface area contributed by atoms with E-state index in [9.17, 15) is 9.90 Å². The third kappa shape index (κ3) is 5.87. The van der Waals surface area contributed by atoms with Crippen molar-refractivity contribution in [2.24, 2.45) is 0 Å². The van der Waals surface area contributed by atoms with Gasteiger partial charge in [-0.1, -0.05) is 60.7 Å². The van der Waals surface area contributed by atoms with Crippen LogP contribution >= 0.6 is 0 Å². The fourth-order valence-electron chi connectivity index (χ4n) is 3.64. The van der Waals surface area contributed by atoms with Gasteiger partial charge in [-0.2, -0.15) is 0 Å². The Morgan fingerprint density at radius 3 is 1.97 bits per heavy atom. The zero-order valence-corrected chi connectivity index (χ0v) is 16.9. The van der Waals surface area contributed by atoms with Gasteiger partial charge in [-0.15, -0.1) is 0 Å². The maximum atomic E-state index is 11.8. The van der Waals surface area contributed by atoms with Crippen molar-refractivity contribution in [3.05, 3.63) is 71.8 Å². The van der Waals surface area contributed by atoms with Gasteiger partial charge in [-0.25, -0.2) is 0 Å². The molecule has 0 spiro atoms. The Hall–Kier alpha value is -2.25. The number of aliphatic hydroxyl groups is 1. The van der Waals surface area contributed by atoms with Gasteiger partial charge in [0.2, 0.25) is 5.91 Å². The van der Waals surface area contributed by atoms with Crippen LogP contribution in [0.5, 0.6) is 0 Å². The minimum atomic E-state index is -0.542. The van der Waals surface area contributed by atoms with Crippen molar-refractivity contribution in [2.45, 2.75) is 57.5 Å². The van der Waals surface area contributed by atoms with Crippen LogP contribution in [0, 0.1) is 0 Å². The SMILES string of the molecule is CC(=O)NC1[C@H](C)OC(CO)[C@H](OCc2ccccc2)[C@@H]1OCc1ccccc1. The summed E-state index contributed by atoms with van der Waals surface area (Å²) >= 11 is 0. The number of hydrogen-bond donors (Lipinski definition) is 2. The molecule has 0 aromatic heterocycles. The number of hydrogen-bond acceptors (Lipinski definition) is 5. The van der Waals surface area contributed by atoms with E-state index in [1.807, 2.05) is 67.6 Å². The van der Waals surface area contributed by atoms with E-state index < -0.39 is 18.3 Å². The second-order valence-electron chi connectivity index (χ2n) is 7.31. The summed E-state index contributed by atoms with van der Waals surface area (Å²) in [7, 11) is 0. The van der Waals surface area contributed by atoms with Crippen molar-refractivity contribution < 1.29 is 24.1 Å². The van der Waals surface area contributed by atoms with Gasteiger partial charge in [0.1, 0.15) is 18.3 Å². The van der Waals surface area contributed by atoms with E-state index in [1.165, 1.54) is 6.92 Å². The summed E-state index contributed by atoms with van der Waals surface area (Å²) in [6.45, 7) is 3.88. The molecular weight excluding hydrogens is 370 g/mol. The van der Waals surface area contributed by atoms with Crippen LogP contribution < -0.4 is 5.32 Å². The highest BCUT2D eigenvalue weighted by molar-refractivity contribution is 5.73. The molecule has 0 bridgehead atoms. The van der Waals surface area contributed by atoms with Crippen molar-refractivity contribution >= 4 is 5.91 Å². The van der Waals surface area contributed by atoms with Crippen molar-refractivity contribution in [1.82, 2.24) is 5.32 Å². The van der Waals surface area contributed by atoms with Crippen LogP contribution in [0.15, 0.2) is 60.7 Å². The molecule has 3 rings (SSSR count). The average Bonchev–Trinajstić information content (AvgIpc) is 2.74. The van der Waals surface area contributed by atoms with Crippen molar-refractivity contribution in [1.29, 1.82) is 0 Å². The zero-order chi connectivity index (χ0) is 20.6. The first-order chi connectivity index (χ1) is 14.1. The Bertz CT molecular complexity index is 754. The summed E-state index contributed by atoms with van der Waals surface area (Å²) in [5.74, 6) is -0.164. The average molecular weight is 399 g/mol. The fourth-order valence-corrected chi connectivity index (χ4v) is 3.64. The van der Waals surface area contributed by atoms with Crippen LogP contribution in [0.1, 0.15) is 25.0 Å². The quantitative estimate of drug-likeness (QED) is 0.713. The molecule has 2 unspecified atom stereocenters. The normalized spacial score (nSPS) is 26.8. The highest BCUT2D eigenvalue weighted by atomic mass is 16.6. The van der Waals surface area contributed by atoms with E-state index in [0.29, 0.717) is 13.2 Å². The first-order valence-corrected chi connectivity index (χ1v) is 9.93. The van der Waals surface area contributed by atoms with E-state index >= 15 is 0 Å². The third-order valence-electron chi connectivity index (χ3n) is 5.06.